The number of nitrogens with zero attached hydrogens (tertiary/aromatic N) is 1. The first-order chi connectivity index (χ1) is 5.70. The maximum atomic E-state index is 11.4. The number of aryl methyl sites for hydroxylation is 1. The SMILES string of the molecule is Cn1cc(N)c(=O)c2sccc21. The predicted molar refractivity (Wildman–Crippen MR) is 51.5 cm³/mol. The quantitative estimate of drug-likeness (QED) is 0.661. The highest BCUT2D eigenvalue weighted by atomic mass is 32.1. The fourth-order valence-electron chi connectivity index (χ4n) is 1.22. The van der Waals surface area contributed by atoms with Crippen LogP contribution in [0.3, 0.4) is 0 Å². The molecule has 2 heterocycles. The summed E-state index contributed by atoms with van der Waals surface area (Å²) in [6.45, 7) is 0. The van der Waals surface area contributed by atoms with Crippen LogP contribution in [-0.2, 0) is 7.05 Å². The number of rotatable bonds is 0. The summed E-state index contributed by atoms with van der Waals surface area (Å²) in [7, 11) is 1.88. The third-order valence-electron chi connectivity index (χ3n) is 1.83. The Hall–Kier alpha value is -1.29. The Kier molecular flexibility index (Phi) is 1.44. The summed E-state index contributed by atoms with van der Waals surface area (Å²) in [6.07, 6.45) is 1.65. The first-order valence-corrected chi connectivity index (χ1v) is 4.40. The minimum Gasteiger partial charge on any atom is -0.394 e. The molecular formula is C8H8N2OS. The van der Waals surface area contributed by atoms with Crippen LogP contribution in [0.25, 0.3) is 10.2 Å². The molecule has 0 fully saturated rings. The molecule has 0 bridgehead atoms. The fourth-order valence-corrected chi connectivity index (χ4v) is 2.11. The minimum atomic E-state index is -0.0573. The Balaban J connectivity index is 3.07. The van der Waals surface area contributed by atoms with Crippen molar-refractivity contribution in [2.75, 3.05) is 5.73 Å². The topological polar surface area (TPSA) is 48.0 Å². The molecule has 62 valence electrons. The van der Waals surface area contributed by atoms with Gasteiger partial charge in [-0.3, -0.25) is 4.79 Å². The van der Waals surface area contributed by atoms with Gasteiger partial charge in [0.05, 0.1) is 11.2 Å². The molecule has 3 nitrogen and oxygen atoms in total. The number of aromatic nitrogens is 1. The van der Waals surface area contributed by atoms with E-state index in [-0.39, 0.29) is 5.43 Å². The van der Waals surface area contributed by atoms with Crippen molar-refractivity contribution in [1.29, 1.82) is 0 Å². The van der Waals surface area contributed by atoms with Crippen molar-refractivity contribution in [3.63, 3.8) is 0 Å². The highest BCUT2D eigenvalue weighted by Crippen LogP contribution is 2.17. The average molecular weight is 180 g/mol. The predicted octanol–water partition coefficient (Wildman–Crippen LogP) is 1.18. The van der Waals surface area contributed by atoms with Crippen LogP contribution in [0.15, 0.2) is 22.4 Å². The zero-order valence-electron chi connectivity index (χ0n) is 6.57. The molecule has 0 atom stereocenters. The third-order valence-corrected chi connectivity index (χ3v) is 2.73. The maximum Gasteiger partial charge on any atom is 0.222 e. The normalized spacial score (nSPS) is 10.8. The van der Waals surface area contributed by atoms with Crippen molar-refractivity contribution < 1.29 is 0 Å². The van der Waals surface area contributed by atoms with E-state index in [0.717, 1.165) is 10.2 Å². The summed E-state index contributed by atoms with van der Waals surface area (Å²) in [5.41, 5.74) is 6.72. The van der Waals surface area contributed by atoms with Gasteiger partial charge in [0.2, 0.25) is 5.43 Å². The van der Waals surface area contributed by atoms with E-state index in [9.17, 15) is 4.79 Å². The summed E-state index contributed by atoms with van der Waals surface area (Å²) in [4.78, 5) is 11.4. The van der Waals surface area contributed by atoms with Gasteiger partial charge < -0.3 is 10.3 Å². The van der Waals surface area contributed by atoms with Crippen LogP contribution in [0.1, 0.15) is 0 Å². The lowest BCUT2D eigenvalue weighted by molar-refractivity contribution is 0.956. The van der Waals surface area contributed by atoms with E-state index in [1.54, 1.807) is 6.20 Å². The Morgan fingerprint density at radius 1 is 1.58 bits per heavy atom. The summed E-state index contributed by atoms with van der Waals surface area (Å²) < 4.78 is 2.60. The second-order valence-corrected chi connectivity index (χ2v) is 3.58. The van der Waals surface area contributed by atoms with Gasteiger partial charge in [0.25, 0.3) is 0 Å². The van der Waals surface area contributed by atoms with Gasteiger partial charge in [-0.1, -0.05) is 0 Å². The highest BCUT2D eigenvalue weighted by Gasteiger charge is 2.04. The molecule has 12 heavy (non-hydrogen) atoms. The minimum absolute atomic E-state index is 0.0573. The second kappa shape index (κ2) is 2.35. The standard InChI is InChI=1S/C8H8N2OS/c1-10-4-5(9)7(11)8-6(10)2-3-12-8/h2-4H,9H2,1H3. The molecule has 0 amide bonds. The zero-order chi connectivity index (χ0) is 8.72. The Morgan fingerprint density at radius 2 is 2.33 bits per heavy atom. The van der Waals surface area contributed by atoms with Crippen LogP contribution < -0.4 is 11.2 Å². The fraction of sp³-hybridized carbons (Fsp3) is 0.125. The molecule has 2 aromatic heterocycles. The summed E-state index contributed by atoms with van der Waals surface area (Å²) in [5, 5.41) is 1.89. The first-order valence-electron chi connectivity index (χ1n) is 3.52. The van der Waals surface area contributed by atoms with E-state index in [0.29, 0.717) is 5.69 Å². The van der Waals surface area contributed by atoms with E-state index in [2.05, 4.69) is 0 Å². The van der Waals surface area contributed by atoms with Crippen molar-refractivity contribution in [3.05, 3.63) is 27.9 Å². The van der Waals surface area contributed by atoms with Gasteiger partial charge in [-0.15, -0.1) is 11.3 Å². The van der Waals surface area contributed by atoms with Crippen LogP contribution in [-0.4, -0.2) is 4.57 Å². The smallest absolute Gasteiger partial charge is 0.222 e. The van der Waals surface area contributed by atoms with Gasteiger partial charge in [-0.25, -0.2) is 0 Å². The number of fused-ring (bicyclic) bond motifs is 1. The van der Waals surface area contributed by atoms with Gasteiger partial charge in [0, 0.05) is 13.2 Å². The molecule has 0 saturated carbocycles. The van der Waals surface area contributed by atoms with Crippen molar-refractivity contribution in [2.24, 2.45) is 7.05 Å². The van der Waals surface area contributed by atoms with Gasteiger partial charge in [0.1, 0.15) is 4.70 Å². The molecule has 0 aliphatic heterocycles. The molecule has 2 rings (SSSR count). The molecule has 4 heteroatoms. The Bertz CT molecular complexity index is 483. The number of pyridine rings is 1. The lowest BCUT2D eigenvalue weighted by Gasteiger charge is -2.00. The molecule has 0 spiro atoms. The monoisotopic (exact) mass is 180 g/mol. The van der Waals surface area contributed by atoms with E-state index in [1.165, 1.54) is 11.3 Å². The molecule has 2 aromatic rings. The molecule has 0 radical (unpaired) electrons. The maximum absolute atomic E-state index is 11.4. The van der Waals surface area contributed by atoms with E-state index >= 15 is 0 Å². The lowest BCUT2D eigenvalue weighted by Crippen LogP contribution is -2.10. The van der Waals surface area contributed by atoms with Crippen LogP contribution in [0, 0.1) is 0 Å². The van der Waals surface area contributed by atoms with E-state index < -0.39 is 0 Å². The van der Waals surface area contributed by atoms with Crippen molar-refractivity contribution >= 4 is 27.2 Å². The summed E-state index contributed by atoms with van der Waals surface area (Å²) in [6, 6.07) is 1.92. The summed E-state index contributed by atoms with van der Waals surface area (Å²) >= 11 is 1.43. The second-order valence-electron chi connectivity index (χ2n) is 2.66. The molecule has 0 saturated heterocycles. The molecule has 0 unspecified atom stereocenters. The third kappa shape index (κ3) is 0.848. The Morgan fingerprint density at radius 3 is 3.08 bits per heavy atom. The van der Waals surface area contributed by atoms with Gasteiger partial charge in [-0.2, -0.15) is 0 Å². The largest absolute Gasteiger partial charge is 0.394 e. The van der Waals surface area contributed by atoms with E-state index in [1.807, 2.05) is 23.1 Å². The number of thiophene rings is 1. The van der Waals surface area contributed by atoms with Gasteiger partial charge >= 0.3 is 0 Å². The van der Waals surface area contributed by atoms with Crippen molar-refractivity contribution in [3.8, 4) is 0 Å². The molecule has 2 N–H and O–H groups in total. The van der Waals surface area contributed by atoms with Crippen LogP contribution in [0.5, 0.6) is 0 Å². The van der Waals surface area contributed by atoms with Gasteiger partial charge in [-0.05, 0) is 11.4 Å². The molecule has 0 aliphatic rings. The molecule has 0 aliphatic carbocycles. The number of nitrogens with two attached hydrogens (primary N) is 1. The van der Waals surface area contributed by atoms with Crippen molar-refractivity contribution in [2.45, 2.75) is 0 Å². The number of nitrogen functional groups attached to an aromatic ring is 1. The van der Waals surface area contributed by atoms with Gasteiger partial charge in [0.15, 0.2) is 0 Å². The first kappa shape index (κ1) is 7.36. The number of anilines is 1. The Labute approximate surface area is 73.0 Å². The number of hydrogen-bond donors (Lipinski definition) is 1. The van der Waals surface area contributed by atoms with Crippen molar-refractivity contribution in [1.82, 2.24) is 4.57 Å². The summed E-state index contributed by atoms with van der Waals surface area (Å²) in [5.74, 6) is 0. The zero-order valence-corrected chi connectivity index (χ0v) is 7.39. The average Bonchev–Trinajstić information content (AvgIpc) is 2.48. The lowest BCUT2D eigenvalue weighted by atomic mass is 10.3. The van der Waals surface area contributed by atoms with Crippen LogP contribution in [0.4, 0.5) is 5.69 Å². The molecule has 0 aromatic carbocycles. The number of hydrogen-bond acceptors (Lipinski definition) is 3. The highest BCUT2D eigenvalue weighted by molar-refractivity contribution is 7.17. The molecular weight excluding hydrogens is 172 g/mol. The van der Waals surface area contributed by atoms with E-state index in [4.69, 9.17) is 5.73 Å². The van der Waals surface area contributed by atoms with Crippen LogP contribution >= 0.6 is 11.3 Å². The van der Waals surface area contributed by atoms with Crippen LogP contribution in [0.2, 0.25) is 0 Å².